The van der Waals surface area contributed by atoms with Gasteiger partial charge in [-0.05, 0) is 57.2 Å². The molecule has 0 atom stereocenters. The fraction of sp³-hybridized carbons (Fsp3) is 0.154. The van der Waals surface area contributed by atoms with Crippen LogP contribution in [-0.4, -0.2) is 40.6 Å². The Balaban J connectivity index is 0.00000353. The van der Waals surface area contributed by atoms with Crippen LogP contribution in [0.1, 0.15) is 36.1 Å². The summed E-state index contributed by atoms with van der Waals surface area (Å²) in [6, 6.07) is 9.45. The number of halogens is 3. The van der Waals surface area contributed by atoms with Crippen LogP contribution in [0.25, 0.3) is 33.5 Å². The number of carbonyl (C=O) groups excluding carboxylic acids is 1. The second-order valence-electron chi connectivity index (χ2n) is 8.77. The van der Waals surface area contributed by atoms with Crippen molar-refractivity contribution in [3.05, 3.63) is 78.0 Å². The summed E-state index contributed by atoms with van der Waals surface area (Å²) in [5.74, 6) is -0.805. The first-order chi connectivity index (χ1) is 18.2. The number of hydrogen-bond donors (Lipinski definition) is 3. The molecule has 0 radical (unpaired) electrons. The van der Waals surface area contributed by atoms with Crippen molar-refractivity contribution < 1.29 is 18.8 Å². The first-order valence-electron chi connectivity index (χ1n) is 11.6. The molecule has 0 aliphatic heterocycles. The zero-order chi connectivity index (χ0) is 27.0. The number of hydrogen-bond acceptors (Lipinski definition) is 8. The molecule has 0 spiro atoms. The van der Waals surface area contributed by atoms with Crippen LogP contribution in [0.4, 0.5) is 20.5 Å². The molecule has 5 rings (SSSR count). The number of benzene rings is 1. The largest absolute Gasteiger partial charge is 0.326 e. The number of imidazole rings is 1. The van der Waals surface area contributed by atoms with Crippen molar-refractivity contribution in [3.63, 3.8) is 0 Å². The van der Waals surface area contributed by atoms with Gasteiger partial charge in [-0.1, -0.05) is 0 Å². The van der Waals surface area contributed by atoms with Crippen LogP contribution in [-0.2, 0) is 0 Å². The highest BCUT2D eigenvalue weighted by Gasteiger charge is 2.18. The summed E-state index contributed by atoms with van der Waals surface area (Å²) in [4.78, 5) is 32.6. The maximum Gasteiger partial charge on any atom is 0.276 e. The highest BCUT2D eigenvalue weighted by atomic mass is 35.5. The van der Waals surface area contributed by atoms with Crippen LogP contribution in [0.5, 0.6) is 0 Å². The van der Waals surface area contributed by atoms with E-state index in [1.54, 1.807) is 42.9 Å². The second kappa shape index (κ2) is 11.1. The Hall–Kier alpha value is -4.55. The number of aromatic nitrogens is 6. The van der Waals surface area contributed by atoms with Crippen LogP contribution in [0.2, 0.25) is 0 Å². The SMILES string of the molecule is Cc1nc2c(F)cc(-c3nc(Nc4ccc(-c5ccc(C(=O)NO)cn5)cn4)ncc3F)cc2n1C(C)C.Cl. The number of anilines is 2. The van der Waals surface area contributed by atoms with Gasteiger partial charge in [0.15, 0.2) is 11.6 Å². The molecule has 39 heavy (non-hydrogen) atoms. The van der Waals surface area contributed by atoms with Crippen molar-refractivity contribution in [2.24, 2.45) is 0 Å². The maximum atomic E-state index is 14.9. The molecule has 200 valence electrons. The lowest BCUT2D eigenvalue weighted by atomic mass is 10.1. The minimum absolute atomic E-state index is 0. The summed E-state index contributed by atoms with van der Waals surface area (Å²) >= 11 is 0. The summed E-state index contributed by atoms with van der Waals surface area (Å²) in [6.45, 7) is 5.72. The first kappa shape index (κ1) is 27.5. The minimum atomic E-state index is -0.700. The van der Waals surface area contributed by atoms with Crippen molar-refractivity contribution in [3.8, 4) is 22.5 Å². The average Bonchev–Trinajstić information content (AvgIpc) is 3.26. The van der Waals surface area contributed by atoms with Crippen LogP contribution >= 0.6 is 12.4 Å². The van der Waals surface area contributed by atoms with Gasteiger partial charge in [0.25, 0.3) is 5.91 Å². The van der Waals surface area contributed by atoms with E-state index in [1.165, 1.54) is 18.3 Å². The third kappa shape index (κ3) is 5.38. The molecule has 1 aromatic carbocycles. The van der Waals surface area contributed by atoms with Crippen molar-refractivity contribution in [1.29, 1.82) is 0 Å². The fourth-order valence-electron chi connectivity index (χ4n) is 4.18. The monoisotopic (exact) mass is 552 g/mol. The molecule has 10 nitrogen and oxygen atoms in total. The molecular weight excluding hydrogens is 530 g/mol. The Labute approximate surface area is 227 Å². The highest BCUT2D eigenvalue weighted by molar-refractivity contribution is 5.93. The average molecular weight is 553 g/mol. The summed E-state index contributed by atoms with van der Waals surface area (Å²) in [5, 5.41) is 11.6. The van der Waals surface area contributed by atoms with Crippen LogP contribution < -0.4 is 10.8 Å². The molecule has 0 aliphatic carbocycles. The molecule has 0 saturated carbocycles. The predicted molar refractivity (Wildman–Crippen MR) is 143 cm³/mol. The lowest BCUT2D eigenvalue weighted by Gasteiger charge is -2.12. The Morgan fingerprint density at radius 1 is 0.949 bits per heavy atom. The van der Waals surface area contributed by atoms with Crippen LogP contribution in [0.15, 0.2) is 55.0 Å². The zero-order valence-electron chi connectivity index (χ0n) is 21.0. The molecule has 13 heteroatoms. The molecule has 4 aromatic heterocycles. The van der Waals surface area contributed by atoms with Crippen molar-refractivity contribution in [2.45, 2.75) is 26.8 Å². The number of fused-ring (bicyclic) bond motifs is 1. The van der Waals surface area contributed by atoms with Gasteiger partial charge in [0.05, 0.1) is 23.0 Å². The van der Waals surface area contributed by atoms with Crippen LogP contribution in [0, 0.1) is 18.6 Å². The van der Waals surface area contributed by atoms with E-state index in [9.17, 15) is 13.6 Å². The first-order valence-corrected chi connectivity index (χ1v) is 11.6. The number of aryl methyl sites for hydroxylation is 1. The maximum absolute atomic E-state index is 14.9. The third-order valence-corrected chi connectivity index (χ3v) is 5.89. The van der Waals surface area contributed by atoms with Gasteiger partial charge in [-0.2, -0.15) is 0 Å². The van der Waals surface area contributed by atoms with Crippen molar-refractivity contribution in [2.75, 3.05) is 5.32 Å². The van der Waals surface area contributed by atoms with E-state index in [2.05, 4.69) is 30.2 Å². The highest BCUT2D eigenvalue weighted by Crippen LogP contribution is 2.30. The number of nitrogens with one attached hydrogen (secondary N) is 2. The number of amides is 1. The van der Waals surface area contributed by atoms with E-state index in [-0.39, 0.29) is 46.7 Å². The van der Waals surface area contributed by atoms with Gasteiger partial charge in [0.1, 0.15) is 22.9 Å². The summed E-state index contributed by atoms with van der Waals surface area (Å²) in [6.07, 6.45) is 3.90. The van der Waals surface area contributed by atoms with E-state index in [1.807, 2.05) is 18.4 Å². The molecule has 3 N–H and O–H groups in total. The number of rotatable bonds is 6. The predicted octanol–water partition coefficient (Wildman–Crippen LogP) is 5.40. The van der Waals surface area contributed by atoms with Gasteiger partial charge in [0, 0.05) is 29.6 Å². The molecule has 0 saturated heterocycles. The zero-order valence-corrected chi connectivity index (χ0v) is 21.8. The standard InChI is InChI=1S/C26H22F2N8O2.ClH/c1-13(2)36-14(3)32-24-18(27)8-17(9-21(24)36)23-19(28)12-31-26(34-23)33-22-7-5-15(10-30-22)20-6-4-16(11-29-20)25(37)35-38;/h4-13,38H,1-3H3,(H,35,37)(H,30,31,33,34);1H. The second-order valence-corrected chi connectivity index (χ2v) is 8.77. The molecule has 1 amide bonds. The van der Waals surface area contributed by atoms with Gasteiger partial charge < -0.3 is 9.88 Å². The molecule has 5 aromatic rings. The Morgan fingerprint density at radius 2 is 1.74 bits per heavy atom. The smallest absolute Gasteiger partial charge is 0.276 e. The van der Waals surface area contributed by atoms with E-state index >= 15 is 0 Å². The van der Waals surface area contributed by atoms with Crippen LogP contribution in [0.3, 0.4) is 0 Å². The summed E-state index contributed by atoms with van der Waals surface area (Å²) < 4.78 is 31.6. The van der Waals surface area contributed by atoms with E-state index < -0.39 is 17.5 Å². The molecule has 0 unspecified atom stereocenters. The molecule has 0 fully saturated rings. The van der Waals surface area contributed by atoms with Gasteiger partial charge >= 0.3 is 0 Å². The Kier molecular flexibility index (Phi) is 7.79. The van der Waals surface area contributed by atoms with Crippen molar-refractivity contribution in [1.82, 2.24) is 35.0 Å². The lowest BCUT2D eigenvalue weighted by molar-refractivity contribution is 0.0706. The van der Waals surface area contributed by atoms with Gasteiger partial charge in [-0.3, -0.25) is 15.0 Å². The number of hydroxylamine groups is 1. The van der Waals surface area contributed by atoms with E-state index in [0.717, 1.165) is 6.20 Å². The molecule has 4 heterocycles. The fourth-order valence-corrected chi connectivity index (χ4v) is 4.18. The van der Waals surface area contributed by atoms with Gasteiger partial charge in [-0.25, -0.2) is 34.2 Å². The van der Waals surface area contributed by atoms with E-state index in [0.29, 0.717) is 28.4 Å². The topological polar surface area (TPSA) is 131 Å². The number of pyridine rings is 2. The van der Waals surface area contributed by atoms with Crippen molar-refractivity contribution >= 4 is 41.1 Å². The molecule has 0 aliphatic rings. The normalized spacial score (nSPS) is 10.9. The lowest BCUT2D eigenvalue weighted by Crippen LogP contribution is -2.18. The third-order valence-electron chi connectivity index (χ3n) is 5.89. The van der Waals surface area contributed by atoms with E-state index in [4.69, 9.17) is 5.21 Å². The molecular formula is C26H23ClF2N8O2. The minimum Gasteiger partial charge on any atom is -0.326 e. The van der Waals surface area contributed by atoms with Gasteiger partial charge in [0.2, 0.25) is 5.95 Å². The van der Waals surface area contributed by atoms with Gasteiger partial charge in [-0.15, -0.1) is 12.4 Å². The Bertz CT molecular complexity index is 1660. The number of nitrogens with zero attached hydrogens (tertiary/aromatic N) is 6. The summed E-state index contributed by atoms with van der Waals surface area (Å²) in [7, 11) is 0. The molecule has 0 bridgehead atoms. The summed E-state index contributed by atoms with van der Waals surface area (Å²) in [5.41, 5.74) is 3.95. The Morgan fingerprint density at radius 3 is 2.38 bits per heavy atom. The quantitative estimate of drug-likeness (QED) is 0.188. The number of carbonyl (C=O) groups is 1.